The van der Waals surface area contributed by atoms with Crippen molar-refractivity contribution in [2.24, 2.45) is 0 Å². The summed E-state index contributed by atoms with van der Waals surface area (Å²) in [4.78, 5) is 14.5. The first kappa shape index (κ1) is 23.1. The average molecular weight is 447 g/mol. The monoisotopic (exact) mass is 446 g/mol. The van der Waals surface area contributed by atoms with Crippen molar-refractivity contribution in [3.63, 3.8) is 0 Å². The number of rotatable bonds is 9. The van der Waals surface area contributed by atoms with E-state index in [1.165, 1.54) is 12.1 Å². The molecule has 8 heteroatoms. The van der Waals surface area contributed by atoms with Gasteiger partial charge in [0.25, 0.3) is 5.91 Å². The summed E-state index contributed by atoms with van der Waals surface area (Å²) >= 11 is 0. The topological polar surface area (TPSA) is 84.9 Å². The third kappa shape index (κ3) is 6.21. The number of nitrogens with zero attached hydrogens (tertiary/aromatic N) is 1. The van der Waals surface area contributed by atoms with Crippen molar-refractivity contribution in [1.29, 1.82) is 0 Å². The Morgan fingerprint density at radius 2 is 1.71 bits per heavy atom. The van der Waals surface area contributed by atoms with E-state index in [2.05, 4.69) is 4.72 Å². The molecule has 0 atom stereocenters. The Labute approximate surface area is 184 Å². The zero-order chi connectivity index (χ0) is 22.3. The minimum Gasteiger partial charge on any atom is -0.494 e. The van der Waals surface area contributed by atoms with Crippen molar-refractivity contribution >= 4 is 15.9 Å². The number of carbonyl (C=O) groups is 1. The molecule has 0 spiro atoms. The lowest BCUT2D eigenvalue weighted by atomic mass is 10.1. The molecule has 1 saturated heterocycles. The summed E-state index contributed by atoms with van der Waals surface area (Å²) < 4.78 is 39.1. The second kappa shape index (κ2) is 10.6. The zero-order valence-corrected chi connectivity index (χ0v) is 18.9. The molecule has 3 rings (SSSR count). The largest absolute Gasteiger partial charge is 0.494 e. The van der Waals surface area contributed by atoms with E-state index in [0.29, 0.717) is 38.3 Å². The number of amides is 1. The number of carbonyl (C=O) groups excluding carboxylic acids is 1. The lowest BCUT2D eigenvalue weighted by Gasteiger charge is -2.32. The van der Waals surface area contributed by atoms with Crippen LogP contribution in [0.2, 0.25) is 0 Å². The van der Waals surface area contributed by atoms with Gasteiger partial charge in [-0.2, -0.15) is 0 Å². The third-order valence-electron chi connectivity index (χ3n) is 5.32. The number of nitrogens with one attached hydrogen (secondary N) is 1. The van der Waals surface area contributed by atoms with Gasteiger partial charge in [-0.25, -0.2) is 13.1 Å². The summed E-state index contributed by atoms with van der Waals surface area (Å²) in [6.45, 7) is 5.42. The van der Waals surface area contributed by atoms with E-state index < -0.39 is 10.0 Å². The van der Waals surface area contributed by atoms with Crippen LogP contribution >= 0.6 is 0 Å². The van der Waals surface area contributed by atoms with Gasteiger partial charge in [-0.1, -0.05) is 25.1 Å². The maximum atomic E-state index is 12.7. The number of para-hydroxylation sites is 1. The standard InChI is InChI=1S/C23H30N2O5S/c1-3-18-7-5-6-8-22(18)30-17-23(26)25-15-13-19(14-16-25)24-31(27,28)21-11-9-20(10-12-21)29-4-2/h5-12,19,24H,3-4,13-17H2,1-2H3. The highest BCUT2D eigenvalue weighted by atomic mass is 32.2. The smallest absolute Gasteiger partial charge is 0.260 e. The fourth-order valence-electron chi connectivity index (χ4n) is 3.58. The van der Waals surface area contributed by atoms with E-state index in [1.54, 1.807) is 17.0 Å². The number of likely N-dealkylation sites (tertiary alicyclic amines) is 1. The second-order valence-electron chi connectivity index (χ2n) is 7.43. The van der Waals surface area contributed by atoms with Crippen molar-refractivity contribution in [3.8, 4) is 11.5 Å². The van der Waals surface area contributed by atoms with Gasteiger partial charge in [-0.05, 0) is 62.1 Å². The van der Waals surface area contributed by atoms with Crippen molar-refractivity contribution in [2.45, 2.75) is 44.0 Å². The Morgan fingerprint density at radius 3 is 2.35 bits per heavy atom. The quantitative estimate of drug-likeness (QED) is 0.640. The molecule has 0 saturated carbocycles. The van der Waals surface area contributed by atoms with Gasteiger partial charge in [-0.3, -0.25) is 4.79 Å². The minimum atomic E-state index is -3.62. The highest BCUT2D eigenvalue weighted by Crippen LogP contribution is 2.20. The van der Waals surface area contributed by atoms with E-state index in [4.69, 9.17) is 9.47 Å². The number of sulfonamides is 1. The Morgan fingerprint density at radius 1 is 1.03 bits per heavy atom. The molecule has 31 heavy (non-hydrogen) atoms. The summed E-state index contributed by atoms with van der Waals surface area (Å²) in [7, 11) is -3.62. The Balaban J connectivity index is 1.49. The van der Waals surface area contributed by atoms with Gasteiger partial charge < -0.3 is 14.4 Å². The first-order chi connectivity index (χ1) is 14.9. The molecule has 0 aliphatic carbocycles. The third-order valence-corrected chi connectivity index (χ3v) is 6.86. The number of ether oxygens (including phenoxy) is 2. The lowest BCUT2D eigenvalue weighted by Crippen LogP contribution is -2.47. The molecule has 1 fully saturated rings. The van der Waals surface area contributed by atoms with Gasteiger partial charge >= 0.3 is 0 Å². The molecule has 168 valence electrons. The predicted octanol–water partition coefficient (Wildman–Crippen LogP) is 3.00. The summed E-state index contributed by atoms with van der Waals surface area (Å²) in [5.74, 6) is 1.28. The molecule has 2 aromatic carbocycles. The van der Waals surface area contributed by atoms with Gasteiger partial charge in [0, 0.05) is 19.1 Å². The first-order valence-electron chi connectivity index (χ1n) is 10.7. The Bertz CT molecular complexity index is 968. The van der Waals surface area contributed by atoms with Crippen LogP contribution in [-0.4, -0.2) is 51.6 Å². The number of piperidine rings is 1. The molecule has 1 amide bonds. The van der Waals surface area contributed by atoms with Gasteiger partial charge in [0.15, 0.2) is 6.61 Å². The van der Waals surface area contributed by atoms with Crippen LogP contribution in [0.3, 0.4) is 0 Å². The highest BCUT2D eigenvalue weighted by Gasteiger charge is 2.27. The maximum Gasteiger partial charge on any atom is 0.260 e. The maximum absolute atomic E-state index is 12.7. The molecule has 0 unspecified atom stereocenters. The van der Waals surface area contributed by atoms with Crippen LogP contribution in [0.5, 0.6) is 11.5 Å². The molecular weight excluding hydrogens is 416 g/mol. The second-order valence-corrected chi connectivity index (χ2v) is 9.14. The van der Waals surface area contributed by atoms with Gasteiger partial charge in [0.2, 0.25) is 10.0 Å². The van der Waals surface area contributed by atoms with E-state index in [-0.39, 0.29) is 23.5 Å². The van der Waals surface area contributed by atoms with Crippen LogP contribution in [0.25, 0.3) is 0 Å². The fourth-order valence-corrected chi connectivity index (χ4v) is 4.89. The van der Waals surface area contributed by atoms with Crippen molar-refractivity contribution in [1.82, 2.24) is 9.62 Å². The molecule has 1 aliphatic rings. The molecular formula is C23H30N2O5S. The van der Waals surface area contributed by atoms with Crippen molar-refractivity contribution < 1.29 is 22.7 Å². The number of hydrogen-bond acceptors (Lipinski definition) is 5. The molecule has 1 N–H and O–H groups in total. The van der Waals surface area contributed by atoms with Crippen LogP contribution in [0, 0.1) is 0 Å². The molecule has 1 heterocycles. The summed E-state index contributed by atoms with van der Waals surface area (Å²) in [5.41, 5.74) is 1.07. The van der Waals surface area contributed by atoms with Crippen LogP contribution in [0.15, 0.2) is 53.4 Å². The lowest BCUT2D eigenvalue weighted by molar-refractivity contribution is -0.134. The normalized spacial score (nSPS) is 15.0. The first-order valence-corrected chi connectivity index (χ1v) is 12.1. The fraction of sp³-hybridized carbons (Fsp3) is 0.435. The highest BCUT2D eigenvalue weighted by molar-refractivity contribution is 7.89. The Hall–Kier alpha value is -2.58. The predicted molar refractivity (Wildman–Crippen MR) is 119 cm³/mol. The summed E-state index contributed by atoms with van der Waals surface area (Å²) in [6, 6.07) is 13.9. The van der Waals surface area contributed by atoms with Gasteiger partial charge in [0.05, 0.1) is 11.5 Å². The summed E-state index contributed by atoms with van der Waals surface area (Å²) in [6.07, 6.45) is 1.96. The van der Waals surface area contributed by atoms with Crippen molar-refractivity contribution in [2.75, 3.05) is 26.3 Å². The van der Waals surface area contributed by atoms with E-state index >= 15 is 0 Å². The number of hydrogen-bond donors (Lipinski definition) is 1. The number of aryl methyl sites for hydroxylation is 1. The molecule has 7 nitrogen and oxygen atoms in total. The van der Waals surface area contributed by atoms with E-state index in [0.717, 1.165) is 17.7 Å². The molecule has 0 aromatic heterocycles. The zero-order valence-electron chi connectivity index (χ0n) is 18.0. The van der Waals surface area contributed by atoms with Crippen LogP contribution in [0.4, 0.5) is 0 Å². The van der Waals surface area contributed by atoms with E-state index in [1.807, 2.05) is 38.1 Å². The van der Waals surface area contributed by atoms with Crippen molar-refractivity contribution in [3.05, 3.63) is 54.1 Å². The molecule has 0 bridgehead atoms. The molecule has 2 aromatic rings. The van der Waals surface area contributed by atoms with Gasteiger partial charge in [0.1, 0.15) is 11.5 Å². The van der Waals surface area contributed by atoms with Gasteiger partial charge in [-0.15, -0.1) is 0 Å². The molecule has 1 aliphatic heterocycles. The summed E-state index contributed by atoms with van der Waals surface area (Å²) in [5, 5.41) is 0. The minimum absolute atomic E-state index is 0.0143. The molecule has 0 radical (unpaired) electrons. The van der Waals surface area contributed by atoms with Crippen LogP contribution < -0.4 is 14.2 Å². The SMILES string of the molecule is CCOc1ccc(S(=O)(=O)NC2CCN(C(=O)COc3ccccc3CC)CC2)cc1. The van der Waals surface area contributed by atoms with Crippen LogP contribution in [-0.2, 0) is 21.2 Å². The number of benzene rings is 2. The Kier molecular flexibility index (Phi) is 7.92. The average Bonchev–Trinajstić information content (AvgIpc) is 2.78. The van der Waals surface area contributed by atoms with Crippen LogP contribution in [0.1, 0.15) is 32.3 Å². The van der Waals surface area contributed by atoms with E-state index in [9.17, 15) is 13.2 Å².